The van der Waals surface area contributed by atoms with Crippen molar-refractivity contribution >= 4 is 45.3 Å². The second-order valence-corrected chi connectivity index (χ2v) is 12.6. The van der Waals surface area contributed by atoms with Gasteiger partial charge in [-0.3, -0.25) is 24.3 Å². The number of anilines is 1. The number of unbranched alkanes of at least 4 members (excludes halogenated alkanes) is 6. The van der Waals surface area contributed by atoms with Gasteiger partial charge in [0.05, 0.1) is 5.69 Å². The van der Waals surface area contributed by atoms with Crippen LogP contribution in [0.2, 0.25) is 0 Å². The van der Waals surface area contributed by atoms with Gasteiger partial charge in [0.25, 0.3) is 5.91 Å². The molecule has 1 aromatic carbocycles. The van der Waals surface area contributed by atoms with Gasteiger partial charge in [0.15, 0.2) is 0 Å². The summed E-state index contributed by atoms with van der Waals surface area (Å²) in [6, 6.07) is 5.09. The number of sulfonamides is 1. The number of carbonyl (C=O) groups excluding carboxylic acids is 3. The lowest BCUT2D eigenvalue weighted by Gasteiger charge is -2.34. The molecule has 9 nitrogen and oxygen atoms in total. The molecule has 0 atom stereocenters. The number of carbonyl (C=O) groups is 3. The van der Waals surface area contributed by atoms with Crippen molar-refractivity contribution < 1.29 is 22.8 Å². The zero-order valence-corrected chi connectivity index (χ0v) is 23.9. The summed E-state index contributed by atoms with van der Waals surface area (Å²) in [6.07, 6.45) is 11.8. The Labute approximate surface area is 231 Å². The van der Waals surface area contributed by atoms with Gasteiger partial charge in [0.2, 0.25) is 21.8 Å². The first kappa shape index (κ1) is 29.1. The predicted octanol–water partition coefficient (Wildman–Crippen LogP) is 4.45. The third-order valence-corrected chi connectivity index (χ3v) is 9.50. The first-order chi connectivity index (χ1) is 18.6. The van der Waals surface area contributed by atoms with Crippen LogP contribution in [0.1, 0.15) is 95.1 Å². The average molecular weight is 557 g/mol. The molecular formula is C29H40N4O5S. The van der Waals surface area contributed by atoms with Gasteiger partial charge in [-0.15, -0.1) is 0 Å². The number of amides is 3. The van der Waals surface area contributed by atoms with Crippen molar-refractivity contribution in [3.8, 4) is 0 Å². The minimum atomic E-state index is -3.69. The molecule has 0 radical (unpaired) electrons. The van der Waals surface area contributed by atoms with Crippen molar-refractivity contribution in [2.75, 3.05) is 18.0 Å². The van der Waals surface area contributed by atoms with E-state index in [1.807, 2.05) is 6.92 Å². The van der Waals surface area contributed by atoms with Gasteiger partial charge >= 0.3 is 0 Å². The lowest BCUT2D eigenvalue weighted by Crippen LogP contribution is -2.50. The van der Waals surface area contributed by atoms with E-state index in [1.54, 1.807) is 18.2 Å². The van der Waals surface area contributed by atoms with E-state index in [0.717, 1.165) is 30.7 Å². The quantitative estimate of drug-likeness (QED) is 0.302. The van der Waals surface area contributed by atoms with E-state index >= 15 is 0 Å². The fourth-order valence-electron chi connectivity index (χ4n) is 5.50. The zero-order valence-electron chi connectivity index (χ0n) is 23.1. The molecule has 3 heterocycles. The van der Waals surface area contributed by atoms with E-state index in [1.165, 1.54) is 52.8 Å². The lowest BCUT2D eigenvalue weighted by atomic mass is 9.89. The Morgan fingerprint density at radius 2 is 1.62 bits per heavy atom. The smallest absolute Gasteiger partial charge is 0.253 e. The molecule has 3 aliphatic rings. The highest BCUT2D eigenvalue weighted by Gasteiger charge is 2.46. The van der Waals surface area contributed by atoms with Gasteiger partial charge in [0.1, 0.15) is 11.4 Å². The molecule has 2 saturated heterocycles. The molecule has 10 heteroatoms. The lowest BCUT2D eigenvalue weighted by molar-refractivity contribution is -0.125. The number of imide groups is 1. The van der Waals surface area contributed by atoms with Crippen LogP contribution in [0.4, 0.5) is 5.69 Å². The SMILES string of the molecule is CCCCCCCCCC1=NC2(CCN(S(=O)(=O)/C=C/c3ccc(N4C(=O)CCC4=O)cc3C)CC2)C(=O)N1. The second-order valence-electron chi connectivity index (χ2n) is 10.8. The molecule has 3 aliphatic heterocycles. The van der Waals surface area contributed by atoms with E-state index in [-0.39, 0.29) is 43.7 Å². The summed E-state index contributed by atoms with van der Waals surface area (Å²) in [5.74, 6) is 0.177. The van der Waals surface area contributed by atoms with Crippen LogP contribution in [0.3, 0.4) is 0 Å². The molecular weight excluding hydrogens is 516 g/mol. The van der Waals surface area contributed by atoms with Crippen LogP contribution in [0.5, 0.6) is 0 Å². The van der Waals surface area contributed by atoms with Crippen molar-refractivity contribution in [1.29, 1.82) is 0 Å². The first-order valence-corrected chi connectivity index (χ1v) is 15.7. The Morgan fingerprint density at radius 1 is 0.974 bits per heavy atom. The summed E-state index contributed by atoms with van der Waals surface area (Å²) in [6.45, 7) is 4.48. The first-order valence-electron chi connectivity index (χ1n) is 14.2. The molecule has 0 unspecified atom stereocenters. The van der Waals surface area contributed by atoms with Gasteiger partial charge in [-0.05, 0) is 55.5 Å². The molecule has 2 fully saturated rings. The van der Waals surface area contributed by atoms with Crippen LogP contribution in [-0.2, 0) is 24.4 Å². The largest absolute Gasteiger partial charge is 0.312 e. The number of amidine groups is 1. The minimum absolute atomic E-state index is 0.112. The van der Waals surface area contributed by atoms with E-state index < -0.39 is 15.6 Å². The Balaban J connectivity index is 1.31. The second kappa shape index (κ2) is 12.6. The third kappa shape index (κ3) is 6.84. The van der Waals surface area contributed by atoms with Crippen LogP contribution in [0, 0.1) is 6.92 Å². The highest BCUT2D eigenvalue weighted by atomic mass is 32.2. The highest BCUT2D eigenvalue weighted by molar-refractivity contribution is 7.92. The summed E-state index contributed by atoms with van der Waals surface area (Å²) in [5, 5.41) is 4.13. The maximum atomic E-state index is 13.1. The van der Waals surface area contributed by atoms with E-state index in [0.29, 0.717) is 24.1 Å². The van der Waals surface area contributed by atoms with E-state index in [9.17, 15) is 22.8 Å². The fraction of sp³-hybridized carbons (Fsp3) is 0.586. The number of hydrogen-bond acceptors (Lipinski definition) is 6. The van der Waals surface area contributed by atoms with Crippen LogP contribution < -0.4 is 10.2 Å². The average Bonchev–Trinajstić information content (AvgIpc) is 3.40. The Hall–Kier alpha value is -2.85. The van der Waals surface area contributed by atoms with Crippen molar-refractivity contribution in [2.45, 2.75) is 96.4 Å². The summed E-state index contributed by atoms with van der Waals surface area (Å²) < 4.78 is 27.5. The number of benzene rings is 1. The molecule has 3 amide bonds. The summed E-state index contributed by atoms with van der Waals surface area (Å²) in [4.78, 5) is 42.7. The van der Waals surface area contributed by atoms with Crippen molar-refractivity contribution in [1.82, 2.24) is 9.62 Å². The number of nitrogens with one attached hydrogen (secondary N) is 1. The van der Waals surface area contributed by atoms with Gasteiger partial charge in [0, 0.05) is 37.8 Å². The maximum absolute atomic E-state index is 13.1. The van der Waals surface area contributed by atoms with Gasteiger partial charge < -0.3 is 5.32 Å². The Bertz CT molecular complexity index is 1250. The molecule has 0 aliphatic carbocycles. The van der Waals surface area contributed by atoms with Gasteiger partial charge in [-0.25, -0.2) is 8.42 Å². The molecule has 39 heavy (non-hydrogen) atoms. The zero-order chi connectivity index (χ0) is 28.0. The van der Waals surface area contributed by atoms with Gasteiger partial charge in [-0.1, -0.05) is 51.5 Å². The minimum Gasteiger partial charge on any atom is -0.312 e. The Kier molecular flexibility index (Phi) is 9.38. The topological polar surface area (TPSA) is 116 Å². The fourth-order valence-corrected chi connectivity index (χ4v) is 6.68. The molecule has 0 saturated carbocycles. The van der Waals surface area contributed by atoms with Crippen molar-refractivity contribution in [2.24, 2.45) is 4.99 Å². The van der Waals surface area contributed by atoms with Crippen molar-refractivity contribution in [3.05, 3.63) is 34.7 Å². The summed E-state index contributed by atoms with van der Waals surface area (Å²) in [5.41, 5.74) is 1.09. The molecule has 1 N–H and O–H groups in total. The number of nitrogens with zero attached hydrogens (tertiary/aromatic N) is 3. The molecule has 212 valence electrons. The normalized spacial score (nSPS) is 19.9. The third-order valence-electron chi connectivity index (χ3n) is 7.94. The van der Waals surface area contributed by atoms with Crippen LogP contribution >= 0.6 is 0 Å². The van der Waals surface area contributed by atoms with Gasteiger partial charge in [-0.2, -0.15) is 4.31 Å². The van der Waals surface area contributed by atoms with Crippen LogP contribution in [0.25, 0.3) is 6.08 Å². The van der Waals surface area contributed by atoms with E-state index in [4.69, 9.17) is 4.99 Å². The standard InChI is InChI=1S/C29H40N4O5S/c1-3-4-5-6-7-8-9-10-25-30-28(36)29(31-25)16-18-32(19-17-29)39(37,38)20-15-23-11-12-24(21-22(23)2)33-26(34)13-14-27(33)35/h11-12,15,20-21H,3-10,13-14,16-19H2,1-2H3,(H,30,31,36)/b20-15+. The molecule has 1 aromatic rings. The monoisotopic (exact) mass is 556 g/mol. The highest BCUT2D eigenvalue weighted by Crippen LogP contribution is 2.32. The molecule has 4 rings (SSSR count). The van der Waals surface area contributed by atoms with Crippen LogP contribution in [0.15, 0.2) is 28.6 Å². The van der Waals surface area contributed by atoms with Crippen molar-refractivity contribution in [3.63, 3.8) is 0 Å². The maximum Gasteiger partial charge on any atom is 0.253 e. The Morgan fingerprint density at radius 3 is 2.26 bits per heavy atom. The molecule has 0 aromatic heterocycles. The number of hydrogen-bond donors (Lipinski definition) is 1. The number of piperidine rings is 1. The summed E-state index contributed by atoms with van der Waals surface area (Å²) in [7, 11) is -3.69. The number of aliphatic imine (C=N–C) groups is 1. The predicted molar refractivity (Wildman–Crippen MR) is 153 cm³/mol. The van der Waals surface area contributed by atoms with Crippen LogP contribution in [-0.4, -0.2) is 54.9 Å². The number of rotatable bonds is 12. The summed E-state index contributed by atoms with van der Waals surface area (Å²) >= 11 is 0. The number of aryl methyl sites for hydroxylation is 1. The van der Waals surface area contributed by atoms with E-state index in [2.05, 4.69) is 12.2 Å². The molecule has 1 spiro atoms. The molecule has 0 bridgehead atoms.